The lowest BCUT2D eigenvalue weighted by Crippen LogP contribution is -2.42. The van der Waals surface area contributed by atoms with E-state index in [0.29, 0.717) is 5.56 Å². The zero-order valence-corrected chi connectivity index (χ0v) is 34.5. The second-order valence-corrected chi connectivity index (χ2v) is 19.0. The number of azide groups is 1. The number of nitrogens with zero attached hydrogens (tertiary/aromatic N) is 11. The number of carbonyl (C=O) groups is 2. The molecule has 0 radical (unpaired) electrons. The first-order valence-electron chi connectivity index (χ1n) is 18.0. The number of nitrogens with two attached hydrogens (primary N) is 1. The van der Waals surface area contributed by atoms with Gasteiger partial charge in [0.2, 0.25) is 0 Å². The summed E-state index contributed by atoms with van der Waals surface area (Å²) in [6, 6.07) is 8.35. The Labute approximate surface area is 352 Å². The molecule has 2 amide bonds. The van der Waals surface area contributed by atoms with Crippen molar-refractivity contribution in [3.63, 3.8) is 0 Å². The van der Waals surface area contributed by atoms with Crippen molar-refractivity contribution >= 4 is 83.5 Å². The molecular weight excluding hydrogens is 890 g/mol. The van der Waals surface area contributed by atoms with Crippen LogP contribution in [0, 0.1) is 0 Å². The first-order chi connectivity index (χ1) is 29.3. The van der Waals surface area contributed by atoms with Gasteiger partial charge in [0.05, 0.1) is 25.9 Å². The van der Waals surface area contributed by atoms with E-state index in [1.807, 2.05) is 0 Å². The van der Waals surface area contributed by atoms with Gasteiger partial charge in [0, 0.05) is 23.6 Å². The lowest BCUT2D eigenvalue weighted by molar-refractivity contribution is -0.0579. The topological polar surface area (TPSA) is 322 Å². The van der Waals surface area contributed by atoms with E-state index in [4.69, 9.17) is 55.4 Å². The average molecular weight is 923 g/mol. The number of hydrogen-bond acceptors (Lipinski definition) is 19. The summed E-state index contributed by atoms with van der Waals surface area (Å²) in [7, 11) is 0. The van der Waals surface area contributed by atoms with Crippen LogP contribution in [-0.2, 0) is 48.7 Å². The monoisotopic (exact) mass is 922 g/mol. The highest BCUT2D eigenvalue weighted by Gasteiger charge is 2.55. The Morgan fingerprint density at radius 2 is 1.67 bits per heavy atom. The second kappa shape index (κ2) is 17.8. The van der Waals surface area contributed by atoms with Gasteiger partial charge in [0.25, 0.3) is 5.91 Å². The van der Waals surface area contributed by atoms with Gasteiger partial charge in [-0.1, -0.05) is 35.6 Å². The molecule has 25 nitrogen and oxygen atoms in total. The molecule has 61 heavy (non-hydrogen) atoms. The second-order valence-electron chi connectivity index (χ2n) is 13.3. The minimum atomic E-state index is -4.55. The number of alkyl halides is 1. The fraction of sp³-hybridized carbons (Fsp3) is 0.419. The van der Waals surface area contributed by atoms with Gasteiger partial charge in [-0.2, -0.15) is 0 Å². The number of imidazole rings is 2. The van der Waals surface area contributed by atoms with E-state index in [1.54, 1.807) is 30.3 Å². The van der Waals surface area contributed by atoms with Crippen molar-refractivity contribution in [1.82, 2.24) is 44.4 Å². The summed E-state index contributed by atoms with van der Waals surface area (Å²) in [4.78, 5) is 65.3. The van der Waals surface area contributed by atoms with Crippen LogP contribution in [0.5, 0.6) is 0 Å². The average Bonchev–Trinajstić information content (AvgIpc) is 4.01. The highest BCUT2D eigenvalue weighted by Crippen LogP contribution is 2.58. The Kier molecular flexibility index (Phi) is 12.5. The Balaban J connectivity index is 1.09. The number of carbonyl (C=O) groups excluding carboxylic acids is 2. The van der Waals surface area contributed by atoms with Gasteiger partial charge in [-0.25, -0.2) is 43.7 Å². The SMILES string of the molecule is [N-]=[N+]=NCCCNC(=O)O[C@@H]1[C@@H]2OP(=O)(S)OC[C@H]3O[C@@H](n4cnc5c(N)ncnc54)[C@H](F)[C@@H]3OP(O)(=S)OC[C@H]2O[C@H]1n1cnc2c(NC(=O)c3ccccc3)ncnc21. The highest BCUT2D eigenvalue weighted by molar-refractivity contribution is 8.44. The van der Waals surface area contributed by atoms with E-state index in [0.717, 1.165) is 12.7 Å². The van der Waals surface area contributed by atoms with Gasteiger partial charge < -0.3 is 40.0 Å². The molecule has 3 fully saturated rings. The number of amides is 2. The molecule has 5 N–H and O–H groups in total. The van der Waals surface area contributed by atoms with Crippen LogP contribution in [0.15, 0.2) is 60.8 Å². The maximum absolute atomic E-state index is 16.4. The molecule has 3 aliphatic rings. The van der Waals surface area contributed by atoms with Crippen LogP contribution in [-0.4, -0.2) is 119 Å². The van der Waals surface area contributed by atoms with E-state index in [9.17, 15) is 19.0 Å². The molecule has 1 aromatic carbocycles. The van der Waals surface area contributed by atoms with Crippen LogP contribution < -0.4 is 16.4 Å². The van der Waals surface area contributed by atoms with Crippen LogP contribution in [0.4, 0.5) is 20.8 Å². The summed E-state index contributed by atoms with van der Waals surface area (Å²) in [5.74, 6) is -0.426. The first-order valence-corrected chi connectivity index (χ1v) is 23.3. The van der Waals surface area contributed by atoms with Gasteiger partial charge >= 0.3 is 19.6 Å². The molecule has 0 spiro atoms. The van der Waals surface area contributed by atoms with Gasteiger partial charge in [-0.05, 0) is 35.9 Å². The number of thiol groups is 1. The molecule has 0 aliphatic carbocycles. The van der Waals surface area contributed by atoms with E-state index in [-0.39, 0.29) is 53.5 Å². The quantitative estimate of drug-likeness (QED) is 0.0353. The predicted octanol–water partition coefficient (Wildman–Crippen LogP) is 3.50. The van der Waals surface area contributed by atoms with Gasteiger partial charge in [0.15, 0.2) is 53.2 Å². The molecule has 10 atom stereocenters. The van der Waals surface area contributed by atoms with Crippen LogP contribution in [0.2, 0.25) is 0 Å². The summed E-state index contributed by atoms with van der Waals surface area (Å²) in [5.41, 5.74) is 15.3. The van der Waals surface area contributed by atoms with Gasteiger partial charge in [0.1, 0.15) is 42.6 Å². The molecule has 8 rings (SSSR count). The van der Waals surface area contributed by atoms with Crippen molar-refractivity contribution in [1.29, 1.82) is 0 Å². The smallest absolute Gasteiger partial charge is 0.407 e. The van der Waals surface area contributed by atoms with Crippen molar-refractivity contribution in [2.75, 3.05) is 37.4 Å². The zero-order valence-electron chi connectivity index (χ0n) is 31.0. The number of alkyl carbamates (subject to hydrolysis) is 1. The van der Waals surface area contributed by atoms with Crippen molar-refractivity contribution in [3.8, 4) is 0 Å². The number of fused-ring (bicyclic) bond motifs is 4. The first kappa shape index (κ1) is 42.7. The third-order valence-corrected chi connectivity index (χ3v) is 12.6. The predicted molar refractivity (Wildman–Crippen MR) is 214 cm³/mol. The maximum Gasteiger partial charge on any atom is 0.407 e. The van der Waals surface area contributed by atoms with Crippen molar-refractivity contribution in [3.05, 3.63) is 71.6 Å². The summed E-state index contributed by atoms with van der Waals surface area (Å²) in [6.07, 6.45) is -8.45. The van der Waals surface area contributed by atoms with Crippen molar-refractivity contribution in [2.45, 2.75) is 55.6 Å². The molecule has 2 unspecified atom stereocenters. The number of rotatable bonds is 9. The van der Waals surface area contributed by atoms with Gasteiger partial charge in [-0.3, -0.25) is 27.5 Å². The van der Waals surface area contributed by atoms with Crippen LogP contribution in [0.1, 0.15) is 29.2 Å². The number of anilines is 2. The number of nitrogens with one attached hydrogen (secondary N) is 2. The standard InChI is InChI=1S/C31H33FN14O11P2S2/c32-18-21-16(53-29(18)45-13-40-19-24(33)36-11-38-26(19)45)9-51-59(50,61)57-22-17(10-52-58(49,60)56-21)54-30(23(22)55-31(48)35-7-4-8-42-44-34)46-14-41-20-25(37-12-39-27(20)46)43-28(47)15-5-2-1-3-6-15/h1-3,5-6,11-14,16-18,21-23,29-30H,4,7-10H2,(H,35,48)(H,49,60)(H,50,61)(H2,33,36,38)(H,37,39,43,47)/t16-,17-,18-,21-,22-,23-,29-,30-,58?,59?/m1/s1. The fourth-order valence-corrected chi connectivity index (χ4v) is 9.63. The third-order valence-electron chi connectivity index (χ3n) is 9.44. The molecule has 3 saturated heterocycles. The van der Waals surface area contributed by atoms with Crippen LogP contribution in [0.3, 0.4) is 0 Å². The summed E-state index contributed by atoms with van der Waals surface area (Å²) in [5, 5.41) is 8.65. The number of aromatic nitrogens is 8. The Hall–Kier alpha value is -4.95. The fourth-order valence-electron chi connectivity index (χ4n) is 6.71. The lowest BCUT2D eigenvalue weighted by Gasteiger charge is -2.30. The Morgan fingerprint density at radius 1 is 1.00 bits per heavy atom. The summed E-state index contributed by atoms with van der Waals surface area (Å²) >= 11 is 9.51. The number of ether oxygens (including phenoxy) is 3. The number of nitrogen functional groups attached to an aromatic ring is 1. The maximum atomic E-state index is 16.4. The Morgan fingerprint density at radius 3 is 2.44 bits per heavy atom. The van der Waals surface area contributed by atoms with Gasteiger partial charge in [-0.15, -0.1) is 0 Å². The number of hydrogen-bond donors (Lipinski definition) is 5. The van der Waals surface area contributed by atoms with E-state index < -0.39 is 87.9 Å². The Bertz CT molecular complexity index is 2590. The summed E-state index contributed by atoms with van der Waals surface area (Å²) < 4.78 is 74.1. The molecule has 0 bridgehead atoms. The van der Waals surface area contributed by atoms with Crippen LogP contribution in [0.25, 0.3) is 32.8 Å². The summed E-state index contributed by atoms with van der Waals surface area (Å²) in [6.45, 7) is -10.2. The minimum Gasteiger partial charge on any atom is -0.438 e. The van der Waals surface area contributed by atoms with Crippen molar-refractivity contribution < 1.29 is 55.7 Å². The largest absolute Gasteiger partial charge is 0.438 e. The molecule has 0 saturated carbocycles. The molecule has 322 valence electrons. The number of halogens is 1. The number of benzene rings is 1. The molecule has 3 aliphatic heterocycles. The molecule has 5 aromatic rings. The van der Waals surface area contributed by atoms with E-state index >= 15 is 4.39 Å². The van der Waals surface area contributed by atoms with E-state index in [1.165, 1.54) is 21.8 Å². The van der Waals surface area contributed by atoms with Crippen molar-refractivity contribution in [2.24, 2.45) is 5.11 Å². The lowest BCUT2D eigenvalue weighted by atomic mass is 10.1. The molecule has 30 heteroatoms. The molecular formula is C31H33FN14O11P2S2. The van der Waals surface area contributed by atoms with Crippen LogP contribution >= 0.6 is 25.8 Å². The highest BCUT2D eigenvalue weighted by atomic mass is 32.7. The normalized spacial score (nSPS) is 30.3. The molecule has 4 aromatic heterocycles. The zero-order chi connectivity index (χ0) is 42.9. The molecule has 7 heterocycles. The third kappa shape index (κ3) is 9.16. The van der Waals surface area contributed by atoms with E-state index in [2.05, 4.69) is 62.8 Å². The minimum absolute atomic E-state index is 0.0210.